The number of amides is 1. The smallest absolute Gasteiger partial charge is 0.272 e. The number of hydrogen-bond acceptors (Lipinski definition) is 4. The number of ether oxygens (including phenoxy) is 1. The summed E-state index contributed by atoms with van der Waals surface area (Å²) in [7, 11) is 0. The van der Waals surface area contributed by atoms with Crippen LogP contribution in [-0.4, -0.2) is 57.5 Å². The fraction of sp³-hybridized carbons (Fsp3) is 0.500. The van der Waals surface area contributed by atoms with Gasteiger partial charge in [-0.25, -0.2) is 0 Å². The van der Waals surface area contributed by atoms with Gasteiger partial charge in [-0.3, -0.25) is 9.89 Å². The maximum Gasteiger partial charge on any atom is 0.272 e. The Morgan fingerprint density at radius 2 is 2.04 bits per heavy atom. The quantitative estimate of drug-likeness (QED) is 0.868. The lowest BCUT2D eigenvalue weighted by Gasteiger charge is -2.46. The highest BCUT2D eigenvalue weighted by atomic mass is 16.5. The second kappa shape index (κ2) is 6.85. The molecule has 3 heterocycles. The molecule has 0 radical (unpaired) electrons. The molecule has 0 unspecified atom stereocenters. The van der Waals surface area contributed by atoms with E-state index in [1.807, 2.05) is 42.2 Å². The normalized spacial score (nSPS) is 22.5. The van der Waals surface area contributed by atoms with Crippen LogP contribution >= 0.6 is 0 Å². The Bertz CT molecular complexity index is 779. The molecular formula is C20H25N3O3. The van der Waals surface area contributed by atoms with Crippen LogP contribution in [0.2, 0.25) is 0 Å². The van der Waals surface area contributed by atoms with Crippen molar-refractivity contribution in [1.82, 2.24) is 15.1 Å². The summed E-state index contributed by atoms with van der Waals surface area (Å²) < 4.78 is 5.93. The van der Waals surface area contributed by atoms with Gasteiger partial charge in [0, 0.05) is 30.8 Å². The number of benzene rings is 1. The summed E-state index contributed by atoms with van der Waals surface area (Å²) in [6.45, 7) is 3.81. The lowest BCUT2D eigenvalue weighted by atomic mass is 9.82. The minimum absolute atomic E-state index is 0.0302. The molecule has 138 valence electrons. The number of piperidine rings is 1. The first-order valence-corrected chi connectivity index (χ1v) is 9.32. The Kier molecular flexibility index (Phi) is 4.54. The van der Waals surface area contributed by atoms with Gasteiger partial charge >= 0.3 is 0 Å². The Balaban J connectivity index is 1.49. The molecule has 6 nitrogen and oxygen atoms in total. The van der Waals surface area contributed by atoms with Gasteiger partial charge in [0.15, 0.2) is 0 Å². The molecule has 2 aromatic rings. The molecule has 0 aliphatic carbocycles. The van der Waals surface area contributed by atoms with E-state index in [1.54, 1.807) is 0 Å². The highest BCUT2D eigenvalue weighted by molar-refractivity contribution is 5.95. The van der Waals surface area contributed by atoms with E-state index < -0.39 is 11.7 Å². The zero-order valence-corrected chi connectivity index (χ0v) is 15.1. The third-order valence-corrected chi connectivity index (χ3v) is 5.79. The van der Waals surface area contributed by atoms with Gasteiger partial charge in [0.05, 0.1) is 17.4 Å². The standard InChI is InChI=1S/C20H25N3O3/c1-14-17(15-6-3-2-4-7-15)21-22-18(14)19(25)23-11-9-20(10-12-23)16(24)8-5-13-26-20/h2-4,6-7,16,24H,5,8-13H2,1H3,(H,21,22)/t16-/m1/s1. The average molecular weight is 355 g/mol. The fourth-order valence-electron chi connectivity index (χ4n) is 4.12. The first kappa shape index (κ1) is 17.2. The van der Waals surface area contributed by atoms with Crippen molar-refractivity contribution in [3.8, 4) is 11.3 Å². The number of H-pyrrole nitrogens is 1. The second-order valence-corrected chi connectivity index (χ2v) is 7.30. The molecule has 1 atom stereocenters. The van der Waals surface area contributed by atoms with Crippen LogP contribution in [0.4, 0.5) is 0 Å². The summed E-state index contributed by atoms with van der Waals surface area (Å²) in [5.41, 5.74) is 2.76. The van der Waals surface area contributed by atoms with Gasteiger partial charge in [0.25, 0.3) is 5.91 Å². The number of aliphatic hydroxyl groups is 1. The highest BCUT2D eigenvalue weighted by Gasteiger charge is 2.44. The number of carbonyl (C=O) groups excluding carboxylic acids is 1. The van der Waals surface area contributed by atoms with Crippen LogP contribution in [-0.2, 0) is 4.74 Å². The van der Waals surface area contributed by atoms with Gasteiger partial charge in [-0.2, -0.15) is 5.10 Å². The van der Waals surface area contributed by atoms with Gasteiger partial charge < -0.3 is 14.7 Å². The molecule has 2 N–H and O–H groups in total. The van der Waals surface area contributed by atoms with Crippen molar-refractivity contribution >= 4 is 5.91 Å². The molecule has 1 amide bonds. The zero-order chi connectivity index (χ0) is 18.1. The van der Waals surface area contributed by atoms with Crippen LogP contribution in [0.3, 0.4) is 0 Å². The first-order chi connectivity index (χ1) is 12.6. The maximum atomic E-state index is 13.0. The third kappa shape index (κ3) is 2.93. The number of carbonyl (C=O) groups is 1. The van der Waals surface area contributed by atoms with Crippen LogP contribution < -0.4 is 0 Å². The van der Waals surface area contributed by atoms with Crippen molar-refractivity contribution in [2.45, 2.75) is 44.3 Å². The summed E-state index contributed by atoms with van der Waals surface area (Å²) in [6.07, 6.45) is 2.62. The maximum absolute atomic E-state index is 13.0. The predicted octanol–water partition coefficient (Wildman–Crippen LogP) is 2.53. The summed E-state index contributed by atoms with van der Waals surface area (Å²) >= 11 is 0. The zero-order valence-electron chi connectivity index (χ0n) is 15.1. The molecule has 2 aliphatic heterocycles. The molecule has 1 aromatic heterocycles. The van der Waals surface area contributed by atoms with Crippen molar-refractivity contribution < 1.29 is 14.6 Å². The second-order valence-electron chi connectivity index (χ2n) is 7.30. The van der Waals surface area contributed by atoms with E-state index in [0.717, 1.165) is 29.7 Å². The van der Waals surface area contributed by atoms with Crippen LogP contribution in [0.25, 0.3) is 11.3 Å². The number of aromatic amines is 1. The molecule has 2 saturated heterocycles. The van der Waals surface area contributed by atoms with Gasteiger partial charge in [0.1, 0.15) is 5.69 Å². The monoisotopic (exact) mass is 355 g/mol. The van der Waals surface area contributed by atoms with Crippen LogP contribution in [0, 0.1) is 6.92 Å². The molecule has 2 aliphatic rings. The van der Waals surface area contributed by atoms with Crippen molar-refractivity contribution in [3.05, 3.63) is 41.6 Å². The molecule has 26 heavy (non-hydrogen) atoms. The molecule has 1 spiro atoms. The molecule has 0 bridgehead atoms. The van der Waals surface area contributed by atoms with Crippen LogP contribution in [0.1, 0.15) is 41.7 Å². The Morgan fingerprint density at radius 3 is 2.73 bits per heavy atom. The Labute approximate surface area is 153 Å². The largest absolute Gasteiger partial charge is 0.390 e. The minimum atomic E-state index is -0.465. The average Bonchev–Trinajstić information content (AvgIpc) is 3.06. The van der Waals surface area contributed by atoms with E-state index in [-0.39, 0.29) is 5.91 Å². The predicted molar refractivity (Wildman–Crippen MR) is 97.8 cm³/mol. The van der Waals surface area contributed by atoms with E-state index in [1.165, 1.54) is 0 Å². The first-order valence-electron chi connectivity index (χ1n) is 9.32. The van der Waals surface area contributed by atoms with Gasteiger partial charge in [0.2, 0.25) is 0 Å². The summed E-state index contributed by atoms with van der Waals surface area (Å²) in [4.78, 5) is 14.8. The Hall–Kier alpha value is -2.18. The number of hydrogen-bond donors (Lipinski definition) is 2. The minimum Gasteiger partial charge on any atom is -0.390 e. The van der Waals surface area contributed by atoms with Crippen molar-refractivity contribution in [2.75, 3.05) is 19.7 Å². The van der Waals surface area contributed by atoms with Gasteiger partial charge in [-0.1, -0.05) is 30.3 Å². The van der Waals surface area contributed by atoms with E-state index in [2.05, 4.69) is 10.2 Å². The Morgan fingerprint density at radius 1 is 1.31 bits per heavy atom. The summed E-state index contributed by atoms with van der Waals surface area (Å²) in [6, 6.07) is 9.87. The number of nitrogens with one attached hydrogen (secondary N) is 1. The number of aromatic nitrogens is 2. The van der Waals surface area contributed by atoms with Crippen molar-refractivity contribution in [1.29, 1.82) is 0 Å². The van der Waals surface area contributed by atoms with E-state index in [4.69, 9.17) is 4.74 Å². The highest BCUT2D eigenvalue weighted by Crippen LogP contribution is 2.35. The van der Waals surface area contributed by atoms with E-state index in [9.17, 15) is 9.90 Å². The van der Waals surface area contributed by atoms with Crippen molar-refractivity contribution in [3.63, 3.8) is 0 Å². The van der Waals surface area contributed by atoms with Crippen LogP contribution in [0.15, 0.2) is 30.3 Å². The topological polar surface area (TPSA) is 78.5 Å². The number of aliphatic hydroxyl groups excluding tert-OH is 1. The molecule has 4 rings (SSSR count). The molecule has 1 aromatic carbocycles. The lowest BCUT2D eigenvalue weighted by Crippen LogP contribution is -2.56. The van der Waals surface area contributed by atoms with E-state index >= 15 is 0 Å². The number of likely N-dealkylation sites (tertiary alicyclic amines) is 1. The summed E-state index contributed by atoms with van der Waals surface area (Å²) in [5.74, 6) is -0.0302. The fourth-order valence-corrected chi connectivity index (χ4v) is 4.12. The molecular weight excluding hydrogens is 330 g/mol. The molecule has 6 heteroatoms. The molecule has 2 fully saturated rings. The number of nitrogens with zero attached hydrogens (tertiary/aromatic N) is 2. The van der Waals surface area contributed by atoms with Gasteiger partial charge in [-0.05, 0) is 32.6 Å². The SMILES string of the molecule is Cc1c(-c2ccccc2)n[nH]c1C(=O)N1CCC2(CC1)OCCC[C@H]2O. The van der Waals surface area contributed by atoms with Gasteiger partial charge in [-0.15, -0.1) is 0 Å². The van der Waals surface area contributed by atoms with Crippen LogP contribution in [0.5, 0.6) is 0 Å². The van der Waals surface area contributed by atoms with E-state index in [0.29, 0.717) is 38.2 Å². The summed E-state index contributed by atoms with van der Waals surface area (Å²) in [5, 5.41) is 17.6. The lowest BCUT2D eigenvalue weighted by molar-refractivity contribution is -0.174. The van der Waals surface area contributed by atoms with Crippen molar-refractivity contribution in [2.24, 2.45) is 0 Å². The number of rotatable bonds is 2. The third-order valence-electron chi connectivity index (χ3n) is 5.79. The molecule has 0 saturated carbocycles.